The minimum Gasteiger partial charge on any atom is -0.497 e. The second-order valence-corrected chi connectivity index (χ2v) is 5.95. The molecule has 2 unspecified atom stereocenters. The summed E-state index contributed by atoms with van der Waals surface area (Å²) in [4.78, 5) is 14.3. The van der Waals surface area contributed by atoms with Crippen LogP contribution in [0, 0.1) is 5.92 Å². The van der Waals surface area contributed by atoms with E-state index >= 15 is 0 Å². The number of hydrogen-bond acceptors (Lipinski definition) is 3. The highest BCUT2D eigenvalue weighted by molar-refractivity contribution is 5.76. The summed E-state index contributed by atoms with van der Waals surface area (Å²) in [5.74, 6) is 1.53. The fraction of sp³-hybridized carbons (Fsp3) is 0.588. The Labute approximate surface area is 127 Å². The molecule has 0 radical (unpaired) electrons. The van der Waals surface area contributed by atoms with Gasteiger partial charge in [-0.05, 0) is 49.8 Å². The van der Waals surface area contributed by atoms with Gasteiger partial charge in [-0.25, -0.2) is 0 Å². The van der Waals surface area contributed by atoms with E-state index in [4.69, 9.17) is 10.5 Å². The first kappa shape index (κ1) is 15.8. The number of ether oxygens (including phenoxy) is 1. The van der Waals surface area contributed by atoms with E-state index in [-0.39, 0.29) is 11.9 Å². The van der Waals surface area contributed by atoms with E-state index in [0.717, 1.165) is 43.7 Å². The lowest BCUT2D eigenvalue weighted by molar-refractivity contribution is -0.133. The van der Waals surface area contributed by atoms with Crippen LogP contribution < -0.4 is 10.5 Å². The minimum atomic E-state index is 0.166. The topological polar surface area (TPSA) is 55.6 Å². The molecule has 0 saturated carbocycles. The predicted octanol–water partition coefficient (Wildman–Crippen LogP) is 2.21. The van der Waals surface area contributed by atoms with Gasteiger partial charge in [0.1, 0.15) is 5.75 Å². The highest BCUT2D eigenvalue weighted by Crippen LogP contribution is 2.20. The molecule has 0 aromatic heterocycles. The number of hydrogen-bond donors (Lipinski definition) is 1. The molecule has 1 aliphatic heterocycles. The fourth-order valence-corrected chi connectivity index (χ4v) is 2.90. The maximum absolute atomic E-state index is 12.3. The second kappa shape index (κ2) is 7.46. The van der Waals surface area contributed by atoms with Crippen LogP contribution in [0.25, 0.3) is 0 Å². The van der Waals surface area contributed by atoms with E-state index in [1.807, 2.05) is 36.1 Å². The van der Waals surface area contributed by atoms with E-state index in [2.05, 4.69) is 0 Å². The van der Waals surface area contributed by atoms with Crippen molar-refractivity contribution >= 4 is 5.91 Å². The standard InChI is InChI=1S/C17H26N2O2/c1-13(18)15-6-4-10-19(12-15)17(20)9-8-14-5-3-7-16(11-14)21-2/h3,5,7,11,13,15H,4,6,8-10,12,18H2,1-2H3. The van der Waals surface area contributed by atoms with Crippen LogP contribution in [-0.4, -0.2) is 37.0 Å². The first-order valence-electron chi connectivity index (χ1n) is 7.76. The van der Waals surface area contributed by atoms with Crippen molar-refractivity contribution in [3.8, 4) is 5.75 Å². The van der Waals surface area contributed by atoms with Crippen LogP contribution in [0.1, 0.15) is 31.7 Å². The first-order valence-corrected chi connectivity index (χ1v) is 7.76. The zero-order chi connectivity index (χ0) is 15.2. The molecule has 21 heavy (non-hydrogen) atoms. The van der Waals surface area contributed by atoms with Gasteiger partial charge in [0.05, 0.1) is 7.11 Å². The Kier molecular flexibility index (Phi) is 5.62. The number of likely N-dealkylation sites (tertiary alicyclic amines) is 1. The van der Waals surface area contributed by atoms with Gasteiger partial charge in [0.25, 0.3) is 0 Å². The molecule has 1 aromatic carbocycles. The summed E-state index contributed by atoms with van der Waals surface area (Å²) in [5.41, 5.74) is 7.12. The SMILES string of the molecule is COc1cccc(CCC(=O)N2CCCC(C(C)N)C2)c1. The molecule has 0 aliphatic carbocycles. The van der Waals surface area contributed by atoms with E-state index in [0.29, 0.717) is 12.3 Å². The Hall–Kier alpha value is -1.55. The van der Waals surface area contributed by atoms with Gasteiger partial charge in [-0.3, -0.25) is 4.79 Å². The number of nitrogens with two attached hydrogens (primary N) is 1. The van der Waals surface area contributed by atoms with E-state index < -0.39 is 0 Å². The maximum atomic E-state index is 12.3. The number of methoxy groups -OCH3 is 1. The molecule has 1 saturated heterocycles. The van der Waals surface area contributed by atoms with Crippen molar-refractivity contribution in [2.24, 2.45) is 11.7 Å². The van der Waals surface area contributed by atoms with E-state index in [9.17, 15) is 4.79 Å². The van der Waals surface area contributed by atoms with Gasteiger partial charge in [-0.2, -0.15) is 0 Å². The molecule has 4 nitrogen and oxygen atoms in total. The average Bonchev–Trinajstić information content (AvgIpc) is 2.53. The van der Waals surface area contributed by atoms with E-state index in [1.165, 1.54) is 0 Å². The molecule has 1 heterocycles. The molecule has 2 atom stereocenters. The number of nitrogens with zero attached hydrogens (tertiary/aromatic N) is 1. The Bertz CT molecular complexity index is 474. The van der Waals surface area contributed by atoms with Gasteiger partial charge in [-0.1, -0.05) is 12.1 Å². The van der Waals surface area contributed by atoms with Crippen LogP contribution in [0.3, 0.4) is 0 Å². The molecule has 1 aromatic rings. The number of carbonyl (C=O) groups excluding carboxylic acids is 1. The lowest BCUT2D eigenvalue weighted by Crippen LogP contribution is -2.45. The number of rotatable bonds is 5. The Morgan fingerprint density at radius 2 is 2.33 bits per heavy atom. The Morgan fingerprint density at radius 3 is 3.05 bits per heavy atom. The van der Waals surface area contributed by atoms with Gasteiger partial charge < -0.3 is 15.4 Å². The van der Waals surface area contributed by atoms with Crippen LogP contribution >= 0.6 is 0 Å². The molecule has 1 aliphatic rings. The van der Waals surface area contributed by atoms with Crippen LogP contribution in [0.2, 0.25) is 0 Å². The smallest absolute Gasteiger partial charge is 0.222 e. The second-order valence-electron chi connectivity index (χ2n) is 5.95. The third-order valence-corrected chi connectivity index (χ3v) is 4.32. The summed E-state index contributed by atoms with van der Waals surface area (Å²) in [5, 5.41) is 0. The summed E-state index contributed by atoms with van der Waals surface area (Å²) in [6.07, 6.45) is 3.52. The molecular formula is C17H26N2O2. The summed E-state index contributed by atoms with van der Waals surface area (Å²) >= 11 is 0. The molecule has 2 N–H and O–H groups in total. The summed E-state index contributed by atoms with van der Waals surface area (Å²) in [6.45, 7) is 3.73. The largest absolute Gasteiger partial charge is 0.497 e. The number of benzene rings is 1. The normalized spacial score (nSPS) is 20.1. The van der Waals surface area contributed by atoms with Crippen LogP contribution in [-0.2, 0) is 11.2 Å². The summed E-state index contributed by atoms with van der Waals surface area (Å²) < 4.78 is 5.21. The van der Waals surface area contributed by atoms with Gasteiger partial charge in [0.15, 0.2) is 0 Å². The molecule has 1 fully saturated rings. The highest BCUT2D eigenvalue weighted by Gasteiger charge is 2.25. The molecular weight excluding hydrogens is 264 g/mol. The number of amides is 1. The Balaban J connectivity index is 1.86. The van der Waals surface area contributed by atoms with Gasteiger partial charge >= 0.3 is 0 Å². The lowest BCUT2D eigenvalue weighted by atomic mass is 9.92. The average molecular weight is 290 g/mol. The summed E-state index contributed by atoms with van der Waals surface area (Å²) in [7, 11) is 1.66. The number of piperidine rings is 1. The molecule has 116 valence electrons. The van der Waals surface area contributed by atoms with Crippen LogP contribution in [0.5, 0.6) is 5.75 Å². The third-order valence-electron chi connectivity index (χ3n) is 4.32. The van der Waals surface area contributed by atoms with Crippen molar-refractivity contribution < 1.29 is 9.53 Å². The van der Waals surface area contributed by atoms with Crippen molar-refractivity contribution in [1.29, 1.82) is 0 Å². The maximum Gasteiger partial charge on any atom is 0.222 e. The van der Waals surface area contributed by atoms with Crippen molar-refractivity contribution in [2.75, 3.05) is 20.2 Å². The predicted molar refractivity (Wildman–Crippen MR) is 84.3 cm³/mol. The molecule has 4 heteroatoms. The van der Waals surface area contributed by atoms with Gasteiger partial charge in [0.2, 0.25) is 5.91 Å². The zero-order valence-corrected chi connectivity index (χ0v) is 13.0. The minimum absolute atomic E-state index is 0.166. The zero-order valence-electron chi connectivity index (χ0n) is 13.0. The molecule has 2 rings (SSSR count). The fourth-order valence-electron chi connectivity index (χ4n) is 2.90. The van der Waals surface area contributed by atoms with Crippen molar-refractivity contribution in [2.45, 2.75) is 38.6 Å². The monoisotopic (exact) mass is 290 g/mol. The molecule has 0 spiro atoms. The Morgan fingerprint density at radius 1 is 1.52 bits per heavy atom. The first-order chi connectivity index (χ1) is 10.1. The van der Waals surface area contributed by atoms with Gasteiger partial charge in [-0.15, -0.1) is 0 Å². The highest BCUT2D eigenvalue weighted by atomic mass is 16.5. The van der Waals surface area contributed by atoms with Crippen molar-refractivity contribution in [3.63, 3.8) is 0 Å². The summed E-state index contributed by atoms with van der Waals surface area (Å²) in [6, 6.07) is 8.08. The molecule has 1 amide bonds. The van der Waals surface area contributed by atoms with Crippen molar-refractivity contribution in [3.05, 3.63) is 29.8 Å². The quantitative estimate of drug-likeness (QED) is 0.904. The third kappa shape index (κ3) is 4.46. The van der Waals surface area contributed by atoms with E-state index in [1.54, 1.807) is 7.11 Å². The molecule has 0 bridgehead atoms. The van der Waals surface area contributed by atoms with Crippen LogP contribution in [0.15, 0.2) is 24.3 Å². The lowest BCUT2D eigenvalue weighted by Gasteiger charge is -2.34. The number of aryl methyl sites for hydroxylation is 1. The van der Waals surface area contributed by atoms with Gasteiger partial charge in [0, 0.05) is 25.6 Å². The number of carbonyl (C=O) groups is 1. The van der Waals surface area contributed by atoms with Crippen LogP contribution in [0.4, 0.5) is 0 Å². The van der Waals surface area contributed by atoms with Crippen molar-refractivity contribution in [1.82, 2.24) is 4.90 Å².